The molecule has 1 aromatic heterocycles. The first-order valence-electron chi connectivity index (χ1n) is 9.80. The molecule has 2 heterocycles. The zero-order valence-electron chi connectivity index (χ0n) is 17.6. The zero-order valence-corrected chi connectivity index (χ0v) is 18.4. The minimum absolute atomic E-state index is 0.116. The molecule has 2 amide bonds. The standard InChI is InChI=1S/C23H28N4OS/c1-6-16(12-15(3)4)17-13-18(20-10-8-9-11-27(20)5)21-19(14-17)25-23(29-21)26-22(28)24-7-2/h6,8-14,20H,7H2,1-5H3,(H2,24,25,26,28)/b16-6+. The fraction of sp³-hybridized carbons (Fsp3) is 0.304. The highest BCUT2D eigenvalue weighted by molar-refractivity contribution is 7.22. The Bertz CT molecular complexity index is 1020. The first-order chi connectivity index (χ1) is 13.9. The van der Waals surface area contributed by atoms with Gasteiger partial charge >= 0.3 is 6.03 Å². The Morgan fingerprint density at radius 3 is 2.76 bits per heavy atom. The number of benzene rings is 1. The number of urea groups is 1. The number of hydrogen-bond acceptors (Lipinski definition) is 4. The van der Waals surface area contributed by atoms with Crippen molar-refractivity contribution in [3.05, 3.63) is 65.4 Å². The first kappa shape index (κ1) is 20.9. The van der Waals surface area contributed by atoms with Crippen molar-refractivity contribution in [3.8, 4) is 0 Å². The number of fused-ring (bicyclic) bond motifs is 1. The molecule has 1 atom stereocenters. The summed E-state index contributed by atoms with van der Waals surface area (Å²) < 4.78 is 1.09. The van der Waals surface area contributed by atoms with E-state index in [1.54, 1.807) is 0 Å². The van der Waals surface area contributed by atoms with Gasteiger partial charge in [0.25, 0.3) is 0 Å². The van der Waals surface area contributed by atoms with Crippen LogP contribution in [-0.2, 0) is 0 Å². The summed E-state index contributed by atoms with van der Waals surface area (Å²) in [7, 11) is 2.07. The van der Waals surface area contributed by atoms with Crippen LogP contribution in [0.1, 0.15) is 44.9 Å². The predicted molar refractivity (Wildman–Crippen MR) is 124 cm³/mol. The van der Waals surface area contributed by atoms with Crippen LogP contribution >= 0.6 is 11.3 Å². The van der Waals surface area contributed by atoms with E-state index < -0.39 is 0 Å². The number of rotatable bonds is 5. The topological polar surface area (TPSA) is 57.3 Å². The number of hydrogen-bond donors (Lipinski definition) is 2. The second kappa shape index (κ2) is 9.09. The molecule has 0 saturated heterocycles. The molecule has 152 valence electrons. The molecule has 0 aliphatic carbocycles. The summed E-state index contributed by atoms with van der Waals surface area (Å²) in [5.41, 5.74) is 5.62. The van der Waals surface area contributed by atoms with Crippen molar-refractivity contribution in [2.45, 2.75) is 33.7 Å². The molecule has 0 spiro atoms. The van der Waals surface area contributed by atoms with Crippen molar-refractivity contribution in [2.75, 3.05) is 18.9 Å². The summed E-state index contributed by atoms with van der Waals surface area (Å²) in [4.78, 5) is 18.9. The fourth-order valence-corrected chi connectivity index (χ4v) is 4.34. The van der Waals surface area contributed by atoms with Crippen LogP contribution in [0.4, 0.5) is 9.93 Å². The van der Waals surface area contributed by atoms with Crippen LogP contribution in [0.3, 0.4) is 0 Å². The highest BCUT2D eigenvalue weighted by Crippen LogP contribution is 2.38. The Labute approximate surface area is 176 Å². The van der Waals surface area contributed by atoms with Gasteiger partial charge in [0.1, 0.15) is 0 Å². The molecule has 2 aromatic rings. The normalized spacial score (nSPS) is 16.2. The van der Waals surface area contributed by atoms with Gasteiger partial charge in [-0.2, -0.15) is 0 Å². The van der Waals surface area contributed by atoms with E-state index in [2.05, 4.69) is 86.0 Å². The molecule has 5 nitrogen and oxygen atoms in total. The molecule has 0 fully saturated rings. The maximum absolute atomic E-state index is 12.0. The Kier molecular flexibility index (Phi) is 6.54. The molecule has 1 aliphatic heterocycles. The second-order valence-corrected chi connectivity index (χ2v) is 8.22. The van der Waals surface area contributed by atoms with E-state index in [1.807, 2.05) is 13.0 Å². The predicted octanol–water partition coefficient (Wildman–Crippen LogP) is 5.86. The van der Waals surface area contributed by atoms with Crippen LogP contribution in [0.15, 0.2) is 54.3 Å². The number of nitrogens with one attached hydrogen (secondary N) is 2. The third kappa shape index (κ3) is 4.77. The van der Waals surface area contributed by atoms with Gasteiger partial charge in [-0.15, -0.1) is 0 Å². The number of aromatic nitrogens is 1. The summed E-state index contributed by atoms with van der Waals surface area (Å²) in [5, 5.41) is 6.21. The minimum atomic E-state index is -0.232. The first-order valence-corrected chi connectivity index (χ1v) is 10.6. The highest BCUT2D eigenvalue weighted by atomic mass is 32.1. The smallest absolute Gasteiger partial charge is 0.321 e. The fourth-order valence-electron chi connectivity index (χ4n) is 3.35. The Morgan fingerprint density at radius 2 is 2.10 bits per heavy atom. The average molecular weight is 409 g/mol. The summed E-state index contributed by atoms with van der Waals surface area (Å²) in [6.07, 6.45) is 12.7. The molecular formula is C23H28N4OS. The number of likely N-dealkylation sites (N-methyl/N-ethyl adjacent to an activating group) is 1. The van der Waals surface area contributed by atoms with Gasteiger partial charge in [-0.1, -0.05) is 41.2 Å². The van der Waals surface area contributed by atoms with Crippen molar-refractivity contribution in [1.29, 1.82) is 0 Å². The lowest BCUT2D eigenvalue weighted by Gasteiger charge is -2.27. The van der Waals surface area contributed by atoms with Crippen molar-refractivity contribution >= 4 is 38.3 Å². The Balaban J connectivity index is 2.14. The van der Waals surface area contributed by atoms with Crippen LogP contribution in [0.5, 0.6) is 0 Å². The number of carbonyl (C=O) groups is 1. The number of allylic oxidation sites excluding steroid dienone is 6. The number of nitrogens with zero attached hydrogens (tertiary/aromatic N) is 2. The van der Waals surface area contributed by atoms with E-state index in [0.717, 1.165) is 21.4 Å². The number of amides is 2. The molecular weight excluding hydrogens is 380 g/mol. The Morgan fingerprint density at radius 1 is 1.31 bits per heavy atom. The molecule has 0 saturated carbocycles. The molecule has 3 rings (SSSR count). The van der Waals surface area contributed by atoms with E-state index in [1.165, 1.54) is 22.5 Å². The van der Waals surface area contributed by atoms with Crippen LogP contribution in [-0.4, -0.2) is 29.5 Å². The zero-order chi connectivity index (χ0) is 21.0. The van der Waals surface area contributed by atoms with Crippen LogP contribution in [0, 0.1) is 0 Å². The molecule has 1 unspecified atom stereocenters. The summed E-state index contributed by atoms with van der Waals surface area (Å²) in [5.74, 6) is 0. The van der Waals surface area contributed by atoms with Gasteiger partial charge < -0.3 is 10.2 Å². The Hall–Kier alpha value is -2.86. The maximum atomic E-state index is 12.0. The summed E-state index contributed by atoms with van der Waals surface area (Å²) in [6.45, 7) is 8.72. The molecule has 0 bridgehead atoms. The van der Waals surface area contributed by atoms with Gasteiger partial charge in [0.05, 0.1) is 16.3 Å². The lowest BCUT2D eigenvalue weighted by atomic mass is 9.96. The number of anilines is 1. The lowest BCUT2D eigenvalue weighted by Crippen LogP contribution is -2.28. The summed E-state index contributed by atoms with van der Waals surface area (Å²) >= 11 is 1.51. The van der Waals surface area contributed by atoms with Crippen molar-refractivity contribution < 1.29 is 4.79 Å². The third-order valence-electron chi connectivity index (χ3n) is 4.65. The SMILES string of the molecule is C/C=C(\C=C(C)C)c1cc(C2C=CC=CN2C)c2sc(NC(=O)NCC)nc2c1. The van der Waals surface area contributed by atoms with Crippen LogP contribution in [0.25, 0.3) is 15.8 Å². The van der Waals surface area contributed by atoms with Crippen LogP contribution in [0.2, 0.25) is 0 Å². The van der Waals surface area contributed by atoms with Crippen LogP contribution < -0.4 is 10.6 Å². The maximum Gasteiger partial charge on any atom is 0.321 e. The monoisotopic (exact) mass is 408 g/mol. The molecule has 1 aliphatic rings. The van der Waals surface area contributed by atoms with Gasteiger partial charge in [-0.05, 0) is 68.8 Å². The minimum Gasteiger partial charge on any atom is -0.370 e. The van der Waals surface area contributed by atoms with E-state index in [9.17, 15) is 4.79 Å². The lowest BCUT2D eigenvalue weighted by molar-refractivity contribution is 0.252. The van der Waals surface area contributed by atoms with E-state index in [0.29, 0.717) is 11.7 Å². The average Bonchev–Trinajstić information content (AvgIpc) is 3.08. The summed E-state index contributed by atoms with van der Waals surface area (Å²) in [6, 6.07) is 4.24. The van der Waals surface area contributed by atoms with E-state index in [-0.39, 0.29) is 12.1 Å². The molecule has 0 radical (unpaired) electrons. The second-order valence-electron chi connectivity index (χ2n) is 7.22. The van der Waals surface area contributed by atoms with Crippen molar-refractivity contribution in [3.63, 3.8) is 0 Å². The molecule has 6 heteroatoms. The van der Waals surface area contributed by atoms with Crippen molar-refractivity contribution in [2.24, 2.45) is 0 Å². The quantitative estimate of drug-likeness (QED) is 0.609. The third-order valence-corrected chi connectivity index (χ3v) is 5.68. The molecule has 29 heavy (non-hydrogen) atoms. The number of thiazole rings is 1. The van der Waals surface area contributed by atoms with Gasteiger partial charge in [0.2, 0.25) is 0 Å². The van der Waals surface area contributed by atoms with E-state index >= 15 is 0 Å². The molecule has 2 N–H and O–H groups in total. The largest absolute Gasteiger partial charge is 0.370 e. The van der Waals surface area contributed by atoms with E-state index in [4.69, 9.17) is 4.98 Å². The molecule has 1 aromatic carbocycles. The highest BCUT2D eigenvalue weighted by Gasteiger charge is 2.21. The van der Waals surface area contributed by atoms with Gasteiger partial charge in [-0.25, -0.2) is 9.78 Å². The van der Waals surface area contributed by atoms with Crippen molar-refractivity contribution in [1.82, 2.24) is 15.2 Å². The van der Waals surface area contributed by atoms with Gasteiger partial charge in [0, 0.05) is 13.6 Å². The van der Waals surface area contributed by atoms with Gasteiger partial charge in [-0.3, -0.25) is 5.32 Å². The van der Waals surface area contributed by atoms with Gasteiger partial charge in [0.15, 0.2) is 5.13 Å². The number of carbonyl (C=O) groups excluding carboxylic acids is 1.